The fourth-order valence-electron chi connectivity index (χ4n) is 2.55. The van der Waals surface area contributed by atoms with Crippen LogP contribution in [0.2, 0.25) is 0 Å². The molecule has 1 aromatic heterocycles. The number of nitrogens with one attached hydrogen (secondary N) is 1. The third-order valence-electron chi connectivity index (χ3n) is 3.67. The summed E-state index contributed by atoms with van der Waals surface area (Å²) in [5.41, 5.74) is 2.29. The van der Waals surface area contributed by atoms with E-state index in [-0.39, 0.29) is 30.7 Å². The van der Waals surface area contributed by atoms with E-state index in [9.17, 15) is 9.59 Å². The van der Waals surface area contributed by atoms with Crippen molar-refractivity contribution in [3.63, 3.8) is 0 Å². The van der Waals surface area contributed by atoms with Crippen LogP contribution in [0.5, 0.6) is 0 Å². The number of aromatic nitrogens is 1. The molecule has 1 aliphatic rings. The van der Waals surface area contributed by atoms with Gasteiger partial charge in [-0.15, -0.1) is 11.3 Å². The molecule has 0 spiro atoms. The number of carboxylic acids is 1. The molecule has 1 amide bonds. The second-order valence-electron chi connectivity index (χ2n) is 5.22. The van der Waals surface area contributed by atoms with Crippen LogP contribution in [0.15, 0.2) is 29.6 Å². The van der Waals surface area contributed by atoms with Crippen molar-refractivity contribution in [1.82, 2.24) is 10.3 Å². The molecule has 3 rings (SSSR count). The predicted molar refractivity (Wildman–Crippen MR) is 84.4 cm³/mol. The van der Waals surface area contributed by atoms with Crippen molar-refractivity contribution in [2.24, 2.45) is 0 Å². The first-order valence-corrected chi connectivity index (χ1v) is 8.15. The number of nitrogens with zero attached hydrogens (tertiary/aromatic N) is 1. The predicted octanol–water partition coefficient (Wildman–Crippen LogP) is 2.16. The average Bonchev–Trinajstić information content (AvgIpc) is 3.03. The SMILES string of the molecule is O=C(C[C@@H]1OCCc2ccccc21)NCc1nc(C(=O)O)cs1. The Balaban J connectivity index is 1.56. The highest BCUT2D eigenvalue weighted by Crippen LogP contribution is 2.29. The molecule has 0 saturated carbocycles. The summed E-state index contributed by atoms with van der Waals surface area (Å²) in [6.45, 7) is 0.842. The first-order valence-electron chi connectivity index (χ1n) is 7.27. The molecule has 7 heteroatoms. The smallest absolute Gasteiger partial charge is 0.355 e. The maximum Gasteiger partial charge on any atom is 0.355 e. The summed E-state index contributed by atoms with van der Waals surface area (Å²) in [4.78, 5) is 26.8. The molecule has 0 bridgehead atoms. The number of amides is 1. The Morgan fingerprint density at radius 2 is 2.22 bits per heavy atom. The number of benzene rings is 1. The van der Waals surface area contributed by atoms with E-state index in [1.165, 1.54) is 22.3 Å². The number of ether oxygens (including phenoxy) is 1. The molecular formula is C16H16N2O4S. The second kappa shape index (κ2) is 6.89. The summed E-state index contributed by atoms with van der Waals surface area (Å²) in [6.07, 6.45) is 0.880. The molecule has 0 unspecified atom stereocenters. The van der Waals surface area contributed by atoms with Gasteiger partial charge in [0.1, 0.15) is 5.01 Å². The highest BCUT2D eigenvalue weighted by atomic mass is 32.1. The molecule has 2 heterocycles. The number of thiazole rings is 1. The van der Waals surface area contributed by atoms with E-state index in [0.717, 1.165) is 12.0 Å². The maximum atomic E-state index is 12.1. The maximum absolute atomic E-state index is 12.1. The molecule has 0 aliphatic carbocycles. The van der Waals surface area contributed by atoms with Gasteiger partial charge in [-0.05, 0) is 17.5 Å². The van der Waals surface area contributed by atoms with Gasteiger partial charge in [0.05, 0.1) is 25.7 Å². The van der Waals surface area contributed by atoms with Crippen LogP contribution in [0.4, 0.5) is 0 Å². The zero-order valence-electron chi connectivity index (χ0n) is 12.3. The molecule has 0 saturated heterocycles. The zero-order chi connectivity index (χ0) is 16.2. The van der Waals surface area contributed by atoms with Crippen LogP contribution in [0.25, 0.3) is 0 Å². The van der Waals surface area contributed by atoms with Crippen LogP contribution in [-0.2, 0) is 22.5 Å². The van der Waals surface area contributed by atoms with Gasteiger partial charge < -0.3 is 15.2 Å². The minimum atomic E-state index is -1.06. The quantitative estimate of drug-likeness (QED) is 0.876. The molecule has 23 heavy (non-hydrogen) atoms. The lowest BCUT2D eigenvalue weighted by Gasteiger charge is -2.25. The molecule has 6 nitrogen and oxygen atoms in total. The summed E-state index contributed by atoms with van der Waals surface area (Å²) in [7, 11) is 0. The van der Waals surface area contributed by atoms with E-state index in [1.807, 2.05) is 18.2 Å². The van der Waals surface area contributed by atoms with E-state index >= 15 is 0 Å². The van der Waals surface area contributed by atoms with Gasteiger partial charge in [-0.1, -0.05) is 24.3 Å². The third kappa shape index (κ3) is 3.75. The third-order valence-corrected chi connectivity index (χ3v) is 4.52. The fourth-order valence-corrected chi connectivity index (χ4v) is 3.26. The van der Waals surface area contributed by atoms with Gasteiger partial charge in [-0.2, -0.15) is 0 Å². The van der Waals surface area contributed by atoms with Crippen LogP contribution >= 0.6 is 11.3 Å². The number of hydrogen-bond donors (Lipinski definition) is 2. The molecular weight excluding hydrogens is 316 g/mol. The standard InChI is InChI=1S/C16H16N2O4S/c19-14(17-8-15-18-12(9-23-15)16(20)21)7-13-11-4-2-1-3-10(11)5-6-22-13/h1-4,9,13H,5-8H2,(H,17,19)(H,20,21)/t13-/m0/s1. The van der Waals surface area contributed by atoms with Gasteiger partial charge in [-0.3, -0.25) is 4.79 Å². The van der Waals surface area contributed by atoms with Crippen molar-refractivity contribution in [3.8, 4) is 0 Å². The normalized spacial score (nSPS) is 16.6. The lowest BCUT2D eigenvalue weighted by molar-refractivity contribution is -0.124. The number of carboxylic acid groups (broad SMARTS) is 1. The first kappa shape index (κ1) is 15.6. The van der Waals surface area contributed by atoms with Crippen LogP contribution in [0.1, 0.15) is 39.1 Å². The Hall–Kier alpha value is -2.25. The summed E-state index contributed by atoms with van der Waals surface area (Å²) < 4.78 is 5.71. The van der Waals surface area contributed by atoms with E-state index in [1.54, 1.807) is 0 Å². The number of aromatic carboxylic acids is 1. The van der Waals surface area contributed by atoms with E-state index in [0.29, 0.717) is 11.6 Å². The Morgan fingerprint density at radius 3 is 3.00 bits per heavy atom. The fraction of sp³-hybridized carbons (Fsp3) is 0.312. The van der Waals surface area contributed by atoms with E-state index < -0.39 is 5.97 Å². The Bertz CT molecular complexity index is 728. The monoisotopic (exact) mass is 332 g/mol. The number of rotatable bonds is 5. The molecule has 1 atom stereocenters. The Kier molecular flexibility index (Phi) is 4.68. The summed E-state index contributed by atoms with van der Waals surface area (Å²) >= 11 is 1.22. The molecule has 2 aromatic rings. The van der Waals surface area contributed by atoms with Crippen molar-refractivity contribution in [3.05, 3.63) is 51.5 Å². The second-order valence-corrected chi connectivity index (χ2v) is 6.16. The van der Waals surface area contributed by atoms with Crippen LogP contribution < -0.4 is 5.32 Å². The number of hydrogen-bond acceptors (Lipinski definition) is 5. The topological polar surface area (TPSA) is 88.5 Å². The molecule has 0 fully saturated rings. The van der Waals surface area contributed by atoms with Gasteiger partial charge in [0.15, 0.2) is 5.69 Å². The zero-order valence-corrected chi connectivity index (χ0v) is 13.1. The van der Waals surface area contributed by atoms with Gasteiger partial charge in [0.25, 0.3) is 0 Å². The highest BCUT2D eigenvalue weighted by molar-refractivity contribution is 7.09. The molecule has 1 aliphatic heterocycles. The van der Waals surface area contributed by atoms with Crippen LogP contribution in [-0.4, -0.2) is 28.6 Å². The summed E-state index contributed by atoms with van der Waals surface area (Å²) in [5.74, 6) is -1.20. The van der Waals surface area contributed by atoms with Crippen LogP contribution in [0.3, 0.4) is 0 Å². The largest absolute Gasteiger partial charge is 0.476 e. The average molecular weight is 332 g/mol. The van der Waals surface area contributed by atoms with E-state index in [2.05, 4.69) is 16.4 Å². The van der Waals surface area contributed by atoms with Gasteiger partial charge in [0, 0.05) is 5.38 Å². The molecule has 0 radical (unpaired) electrons. The van der Waals surface area contributed by atoms with E-state index in [4.69, 9.17) is 9.84 Å². The number of fused-ring (bicyclic) bond motifs is 1. The summed E-state index contributed by atoms with van der Waals surface area (Å²) in [5, 5.41) is 13.6. The lowest BCUT2D eigenvalue weighted by atomic mass is 9.96. The summed E-state index contributed by atoms with van der Waals surface area (Å²) in [6, 6.07) is 7.99. The number of carbonyl (C=O) groups is 2. The minimum Gasteiger partial charge on any atom is -0.476 e. The minimum absolute atomic E-state index is 0.00351. The molecule has 1 aromatic carbocycles. The first-order chi connectivity index (χ1) is 11.1. The Labute approximate surface area is 137 Å². The molecule has 2 N–H and O–H groups in total. The van der Waals surface area contributed by atoms with Crippen molar-refractivity contribution in [2.75, 3.05) is 6.61 Å². The van der Waals surface area contributed by atoms with Gasteiger partial charge in [-0.25, -0.2) is 9.78 Å². The van der Waals surface area contributed by atoms with Crippen molar-refractivity contribution in [2.45, 2.75) is 25.5 Å². The highest BCUT2D eigenvalue weighted by Gasteiger charge is 2.23. The van der Waals surface area contributed by atoms with Crippen molar-refractivity contribution >= 4 is 23.2 Å². The van der Waals surface area contributed by atoms with Crippen LogP contribution in [0, 0.1) is 0 Å². The number of carbonyl (C=O) groups excluding carboxylic acids is 1. The van der Waals surface area contributed by atoms with Gasteiger partial charge >= 0.3 is 5.97 Å². The van der Waals surface area contributed by atoms with Crippen molar-refractivity contribution < 1.29 is 19.4 Å². The van der Waals surface area contributed by atoms with Crippen molar-refractivity contribution in [1.29, 1.82) is 0 Å². The lowest BCUT2D eigenvalue weighted by Crippen LogP contribution is -2.27. The molecule has 120 valence electrons. The van der Waals surface area contributed by atoms with Gasteiger partial charge in [0.2, 0.25) is 5.91 Å². The Morgan fingerprint density at radius 1 is 1.39 bits per heavy atom.